The lowest BCUT2D eigenvalue weighted by atomic mass is 10.0. The molecular weight excluding hydrogens is 1000 g/mol. The Morgan fingerprint density at radius 3 is 0.950 bits per heavy atom. The van der Waals surface area contributed by atoms with Crippen molar-refractivity contribution in [3.8, 4) is 62.5 Å². The van der Waals surface area contributed by atoms with Crippen LogP contribution in [0.25, 0.3) is 22.3 Å². The van der Waals surface area contributed by atoms with Crippen LogP contribution in [-0.2, 0) is 0 Å². The number of esters is 2. The lowest BCUT2D eigenvalue weighted by Crippen LogP contribution is -2.12. The Balaban J connectivity index is 0.000000296. The van der Waals surface area contributed by atoms with Crippen LogP contribution < -0.4 is 23.7 Å². The molecule has 11 nitrogen and oxygen atoms in total. The van der Waals surface area contributed by atoms with Crippen LogP contribution in [0.4, 0.5) is 0 Å². The second-order valence-corrected chi connectivity index (χ2v) is 20.0. The molecule has 0 bridgehead atoms. The zero-order valence-electron chi connectivity index (χ0n) is 47.6. The van der Waals surface area contributed by atoms with Crippen molar-refractivity contribution in [3.63, 3.8) is 0 Å². The van der Waals surface area contributed by atoms with E-state index in [1.807, 2.05) is 72.8 Å². The molecule has 3 N–H and O–H groups in total. The van der Waals surface area contributed by atoms with E-state index in [0.29, 0.717) is 77.4 Å². The maximum atomic E-state index is 12.9. The summed E-state index contributed by atoms with van der Waals surface area (Å²) in [7, 11) is 0. The topological polar surface area (TPSA) is 158 Å². The molecule has 7 rings (SSSR count). The molecule has 0 fully saturated rings. The van der Waals surface area contributed by atoms with Gasteiger partial charge in [-0.25, -0.2) is 14.4 Å². The van der Waals surface area contributed by atoms with Gasteiger partial charge in [0, 0.05) is 0 Å². The van der Waals surface area contributed by atoms with E-state index in [9.17, 15) is 14.4 Å². The molecule has 424 valence electrons. The molecule has 7 aromatic carbocycles. The summed E-state index contributed by atoms with van der Waals surface area (Å²) >= 11 is 0. The van der Waals surface area contributed by atoms with Gasteiger partial charge in [-0.15, -0.1) is 0 Å². The van der Waals surface area contributed by atoms with Gasteiger partial charge in [0.2, 0.25) is 0 Å². The third kappa shape index (κ3) is 22.0. The molecule has 7 aromatic rings. The molecule has 0 amide bonds. The predicted molar refractivity (Wildman–Crippen MR) is 320 cm³/mol. The second-order valence-electron chi connectivity index (χ2n) is 20.0. The fourth-order valence-corrected chi connectivity index (χ4v) is 8.55. The average Bonchev–Trinajstić information content (AvgIpc) is 3.50. The van der Waals surface area contributed by atoms with E-state index in [1.165, 1.54) is 44.9 Å². The fourth-order valence-electron chi connectivity index (χ4n) is 8.55. The van der Waals surface area contributed by atoms with Crippen molar-refractivity contribution >= 4 is 17.9 Å². The van der Waals surface area contributed by atoms with Gasteiger partial charge >= 0.3 is 17.9 Å². The third-order valence-electron chi connectivity index (χ3n) is 13.8. The number of carbonyl (C=O) groups is 3. The minimum Gasteiger partial charge on any atom is -0.508 e. The molecule has 0 radical (unpaired) electrons. The van der Waals surface area contributed by atoms with Gasteiger partial charge in [-0.3, -0.25) is 0 Å². The second kappa shape index (κ2) is 34.8. The van der Waals surface area contributed by atoms with Crippen molar-refractivity contribution in [1.82, 2.24) is 0 Å². The number of unbranched alkanes of at least 4 members (excludes halogenated alkanes) is 3. The van der Waals surface area contributed by atoms with Gasteiger partial charge < -0.3 is 39.0 Å². The highest BCUT2D eigenvalue weighted by Gasteiger charge is 2.15. The van der Waals surface area contributed by atoms with E-state index in [1.54, 1.807) is 97.1 Å². The monoisotopic (exact) mass is 1090 g/mol. The maximum Gasteiger partial charge on any atom is 0.343 e. The molecule has 0 aliphatic heterocycles. The van der Waals surface area contributed by atoms with Gasteiger partial charge in [0.05, 0.1) is 36.5 Å². The standard InChI is InChI=1S/C42H50O6.C15H22O3.C12H10O2/c1-5-9-13-31(7-3)29-45-39-17-11-15-35(27-39)41(43)47-37-23-19-33(20-24-37)34-21-25-38(26-22-34)48-42(44)36-16-12-18-40(28-36)46-30-32(8-4)14-10-6-2;1-3-5-7-12(4-2)11-18-14-9-6-8-13(10-14)15(16)17;13-11-5-1-9(2-6-11)10-3-7-12(14)8-4-10/h11-12,15-28,31-32H,5-10,13-14,29-30H2,1-4H3;6,8-10,12H,3-5,7,11H2,1-2H3,(H,16,17);1-8,13-14H. The summed E-state index contributed by atoms with van der Waals surface area (Å²) < 4.78 is 29.0. The summed E-state index contributed by atoms with van der Waals surface area (Å²) in [6.07, 6.45) is 13.9. The van der Waals surface area contributed by atoms with E-state index in [4.69, 9.17) is 39.0 Å². The average molecular weight is 1090 g/mol. The molecule has 0 saturated carbocycles. The number of phenolic OH excluding ortho intramolecular Hbond substituents is 2. The first-order valence-electron chi connectivity index (χ1n) is 28.5. The first kappa shape index (κ1) is 62.8. The molecule has 0 aromatic heterocycles. The summed E-state index contributed by atoms with van der Waals surface area (Å²) in [6, 6.07) is 49.5. The quantitative estimate of drug-likeness (QED) is 0.0317. The highest BCUT2D eigenvalue weighted by Crippen LogP contribution is 2.28. The van der Waals surface area contributed by atoms with Crippen molar-refractivity contribution in [1.29, 1.82) is 0 Å². The molecule has 0 spiro atoms. The largest absolute Gasteiger partial charge is 0.508 e. The van der Waals surface area contributed by atoms with Crippen molar-refractivity contribution in [2.75, 3.05) is 19.8 Å². The Morgan fingerprint density at radius 1 is 0.375 bits per heavy atom. The minimum absolute atomic E-state index is 0.257. The van der Waals surface area contributed by atoms with Crippen LogP contribution in [0.5, 0.6) is 40.2 Å². The van der Waals surface area contributed by atoms with E-state index in [0.717, 1.165) is 54.4 Å². The zero-order valence-corrected chi connectivity index (χ0v) is 47.6. The van der Waals surface area contributed by atoms with E-state index < -0.39 is 17.9 Å². The van der Waals surface area contributed by atoms with Crippen LogP contribution >= 0.6 is 0 Å². The van der Waals surface area contributed by atoms with Gasteiger partial charge in [-0.1, -0.05) is 166 Å². The Morgan fingerprint density at radius 2 is 0.662 bits per heavy atom. The number of benzene rings is 7. The maximum absolute atomic E-state index is 12.9. The Labute approximate surface area is 474 Å². The number of aromatic carboxylic acids is 1. The van der Waals surface area contributed by atoms with Crippen molar-refractivity contribution in [3.05, 3.63) is 187 Å². The number of phenols is 2. The number of hydrogen-bond donors (Lipinski definition) is 3. The SMILES string of the molecule is CCCCC(CC)COc1cccc(C(=O)O)c1.CCCCC(CC)COc1cccc(C(=O)Oc2ccc(-c3ccc(OC(=O)c4cccc(OCC(CC)CCCC)c4)cc3)cc2)c1.Oc1ccc(-c2ccc(O)cc2)cc1. The number of rotatable bonds is 28. The molecule has 3 unspecified atom stereocenters. The van der Waals surface area contributed by atoms with Crippen LogP contribution in [-0.4, -0.2) is 53.0 Å². The number of hydrogen-bond acceptors (Lipinski definition) is 10. The van der Waals surface area contributed by atoms with Crippen LogP contribution in [0.1, 0.15) is 150 Å². The van der Waals surface area contributed by atoms with Crippen LogP contribution in [0.2, 0.25) is 0 Å². The predicted octanol–water partition coefficient (Wildman–Crippen LogP) is 17.7. The van der Waals surface area contributed by atoms with E-state index in [2.05, 4.69) is 41.5 Å². The van der Waals surface area contributed by atoms with Gasteiger partial charge in [-0.2, -0.15) is 0 Å². The van der Waals surface area contributed by atoms with E-state index in [-0.39, 0.29) is 17.1 Å². The Bertz CT molecular complexity index is 2730. The number of aromatic hydroxyl groups is 2. The van der Waals surface area contributed by atoms with Gasteiger partial charge in [-0.05, 0) is 162 Å². The third-order valence-corrected chi connectivity index (χ3v) is 13.8. The molecule has 3 atom stereocenters. The van der Waals surface area contributed by atoms with Crippen LogP contribution in [0, 0.1) is 17.8 Å². The number of ether oxygens (including phenoxy) is 5. The lowest BCUT2D eigenvalue weighted by Gasteiger charge is -2.16. The van der Waals surface area contributed by atoms with Crippen molar-refractivity contribution < 1.29 is 53.4 Å². The summed E-state index contributed by atoms with van der Waals surface area (Å²) in [5, 5.41) is 27.1. The summed E-state index contributed by atoms with van der Waals surface area (Å²) in [5.41, 5.74) is 5.06. The highest BCUT2D eigenvalue weighted by molar-refractivity contribution is 5.92. The normalized spacial score (nSPS) is 11.8. The summed E-state index contributed by atoms with van der Waals surface area (Å²) in [5.74, 6) is 3.17. The van der Waals surface area contributed by atoms with Crippen molar-refractivity contribution in [2.45, 2.75) is 119 Å². The molecule has 0 aliphatic carbocycles. The Hall–Kier alpha value is -8.05. The number of carboxylic acids is 1. The van der Waals surface area contributed by atoms with Gasteiger partial charge in [0.1, 0.15) is 40.2 Å². The van der Waals surface area contributed by atoms with E-state index >= 15 is 0 Å². The number of carboxylic acid groups (broad SMARTS) is 1. The summed E-state index contributed by atoms with van der Waals surface area (Å²) in [4.78, 5) is 36.6. The minimum atomic E-state index is -0.918. The first-order valence-corrected chi connectivity index (χ1v) is 28.5. The van der Waals surface area contributed by atoms with Gasteiger partial charge in [0.15, 0.2) is 0 Å². The van der Waals surface area contributed by atoms with Crippen molar-refractivity contribution in [2.24, 2.45) is 17.8 Å². The first-order chi connectivity index (χ1) is 38.8. The van der Waals surface area contributed by atoms with Gasteiger partial charge in [0.25, 0.3) is 0 Å². The Kier molecular flexibility index (Phi) is 27.3. The van der Waals surface area contributed by atoms with Crippen LogP contribution in [0.3, 0.4) is 0 Å². The lowest BCUT2D eigenvalue weighted by molar-refractivity contribution is 0.0692. The number of carbonyl (C=O) groups excluding carboxylic acids is 2. The van der Waals surface area contributed by atoms with Crippen LogP contribution in [0.15, 0.2) is 170 Å². The smallest absolute Gasteiger partial charge is 0.343 e. The molecule has 0 heterocycles. The fraction of sp³-hybridized carbons (Fsp3) is 0.348. The zero-order chi connectivity index (χ0) is 57.5. The summed E-state index contributed by atoms with van der Waals surface area (Å²) in [6.45, 7) is 15.1. The molecule has 11 heteroatoms. The molecular formula is C69H82O11. The molecule has 0 saturated heterocycles. The molecule has 0 aliphatic rings. The highest BCUT2D eigenvalue weighted by atomic mass is 16.5. The molecule has 80 heavy (non-hydrogen) atoms.